The zero-order valence-corrected chi connectivity index (χ0v) is 13.9. The van der Waals surface area contributed by atoms with Crippen LogP contribution in [0.2, 0.25) is 0 Å². The maximum atomic E-state index is 13.4. The van der Waals surface area contributed by atoms with Crippen LogP contribution in [0.25, 0.3) is 0 Å². The van der Waals surface area contributed by atoms with Crippen LogP contribution in [0.4, 0.5) is 14.5 Å². The van der Waals surface area contributed by atoms with E-state index in [0.717, 1.165) is 12.1 Å². The monoisotopic (exact) mass is 348 g/mol. The summed E-state index contributed by atoms with van der Waals surface area (Å²) in [6.07, 6.45) is 0. The number of carbonyl (C=O) groups excluding carboxylic acids is 2. The number of amides is 2. The highest BCUT2D eigenvalue weighted by Gasteiger charge is 2.14. The molecule has 0 fully saturated rings. The van der Waals surface area contributed by atoms with E-state index in [9.17, 15) is 18.4 Å². The summed E-state index contributed by atoms with van der Waals surface area (Å²) in [7, 11) is 1.50. The van der Waals surface area contributed by atoms with Crippen LogP contribution in [0.15, 0.2) is 42.5 Å². The first-order chi connectivity index (χ1) is 11.9. The van der Waals surface area contributed by atoms with Crippen LogP contribution in [0, 0.1) is 11.6 Å². The minimum Gasteiger partial charge on any atom is -0.497 e. The number of rotatable bonds is 6. The normalized spacial score (nSPS) is 10.2. The number of carbonyl (C=O) groups is 2. The Bertz CT molecular complexity index is 781. The third-order valence-corrected chi connectivity index (χ3v) is 3.55. The topological polar surface area (TPSA) is 58.6 Å². The fourth-order valence-electron chi connectivity index (χ4n) is 2.27. The predicted octanol–water partition coefficient (Wildman–Crippen LogP) is 2.76. The fraction of sp³-hybridized carbons (Fsp3) is 0.222. The van der Waals surface area contributed by atoms with Gasteiger partial charge < -0.3 is 15.0 Å². The lowest BCUT2D eigenvalue weighted by molar-refractivity contribution is -0.116. The van der Waals surface area contributed by atoms with Crippen LogP contribution >= 0.6 is 0 Å². The lowest BCUT2D eigenvalue weighted by Crippen LogP contribution is -2.37. The lowest BCUT2D eigenvalue weighted by Gasteiger charge is -2.21. The first kappa shape index (κ1) is 18.4. The minimum absolute atomic E-state index is 0.121. The zero-order valence-electron chi connectivity index (χ0n) is 13.9. The second kappa shape index (κ2) is 8.23. The molecule has 0 radical (unpaired) electrons. The van der Waals surface area contributed by atoms with E-state index in [1.54, 1.807) is 24.3 Å². The van der Waals surface area contributed by atoms with Gasteiger partial charge in [0.2, 0.25) is 5.91 Å². The summed E-state index contributed by atoms with van der Waals surface area (Å²) in [6.45, 7) is 1.58. The highest BCUT2D eigenvalue weighted by molar-refractivity contribution is 5.95. The Morgan fingerprint density at radius 1 is 1.12 bits per heavy atom. The Labute approximate surface area is 144 Å². The van der Waals surface area contributed by atoms with Gasteiger partial charge in [0.05, 0.1) is 7.11 Å². The molecule has 0 aromatic heterocycles. The molecule has 2 aromatic carbocycles. The number of hydrogen-bond acceptors (Lipinski definition) is 3. The molecule has 0 aliphatic carbocycles. The Morgan fingerprint density at radius 2 is 1.88 bits per heavy atom. The van der Waals surface area contributed by atoms with Crippen LogP contribution in [0.3, 0.4) is 0 Å². The first-order valence-corrected chi connectivity index (χ1v) is 7.57. The highest BCUT2D eigenvalue weighted by Crippen LogP contribution is 2.18. The maximum absolute atomic E-state index is 13.4. The van der Waals surface area contributed by atoms with Crippen LogP contribution in [-0.4, -0.2) is 32.0 Å². The Hall–Kier alpha value is -2.96. The molecular formula is C18H18F2N2O3. The number of anilines is 1. The van der Waals surface area contributed by atoms with Crippen molar-refractivity contribution in [1.82, 2.24) is 5.32 Å². The SMILES string of the molecule is COc1cccc(C(=O)NCCN(C(C)=O)c2ccc(F)c(F)c2)c1. The molecule has 2 amide bonds. The molecule has 0 saturated carbocycles. The molecule has 0 spiro atoms. The van der Waals surface area contributed by atoms with Crippen LogP contribution in [-0.2, 0) is 4.79 Å². The molecule has 2 rings (SSSR count). The van der Waals surface area contributed by atoms with E-state index in [1.807, 2.05) is 0 Å². The van der Waals surface area contributed by atoms with Crippen molar-refractivity contribution in [2.75, 3.05) is 25.1 Å². The van der Waals surface area contributed by atoms with Gasteiger partial charge in [-0.3, -0.25) is 9.59 Å². The number of methoxy groups -OCH3 is 1. The molecule has 0 heterocycles. The van der Waals surface area contributed by atoms with Crippen LogP contribution < -0.4 is 15.0 Å². The van der Waals surface area contributed by atoms with Gasteiger partial charge in [0.15, 0.2) is 11.6 Å². The number of benzene rings is 2. The van der Waals surface area contributed by atoms with Gasteiger partial charge in [-0.15, -0.1) is 0 Å². The molecule has 2 aromatic rings. The summed E-state index contributed by atoms with van der Waals surface area (Å²) >= 11 is 0. The molecule has 5 nitrogen and oxygen atoms in total. The maximum Gasteiger partial charge on any atom is 0.251 e. The van der Waals surface area contributed by atoms with Gasteiger partial charge in [0, 0.05) is 37.3 Å². The summed E-state index contributed by atoms with van der Waals surface area (Å²) in [5.74, 6) is -2.14. The molecular weight excluding hydrogens is 330 g/mol. The smallest absolute Gasteiger partial charge is 0.251 e. The van der Waals surface area contributed by atoms with Crippen molar-refractivity contribution in [2.45, 2.75) is 6.92 Å². The summed E-state index contributed by atoms with van der Waals surface area (Å²) in [5, 5.41) is 2.68. The number of ether oxygens (including phenoxy) is 1. The van der Waals surface area contributed by atoms with Gasteiger partial charge in [-0.25, -0.2) is 8.78 Å². The van der Waals surface area contributed by atoms with Crippen LogP contribution in [0.5, 0.6) is 5.75 Å². The number of halogens is 2. The fourth-order valence-corrected chi connectivity index (χ4v) is 2.27. The molecule has 0 saturated heterocycles. The van der Waals surface area contributed by atoms with Gasteiger partial charge in [-0.1, -0.05) is 6.07 Å². The number of hydrogen-bond donors (Lipinski definition) is 1. The first-order valence-electron chi connectivity index (χ1n) is 7.57. The predicted molar refractivity (Wildman–Crippen MR) is 89.7 cm³/mol. The summed E-state index contributed by atoms with van der Waals surface area (Å²) in [4.78, 5) is 25.1. The Morgan fingerprint density at radius 3 is 2.52 bits per heavy atom. The van der Waals surface area contributed by atoms with Gasteiger partial charge in [-0.05, 0) is 30.3 Å². The van der Waals surface area contributed by atoms with E-state index in [2.05, 4.69) is 5.32 Å². The molecule has 0 bridgehead atoms. The largest absolute Gasteiger partial charge is 0.497 e. The van der Waals surface area contributed by atoms with Crippen molar-refractivity contribution in [3.63, 3.8) is 0 Å². The molecule has 1 N–H and O–H groups in total. The molecule has 132 valence electrons. The standard InChI is InChI=1S/C18H18F2N2O3/c1-12(23)22(14-6-7-16(19)17(20)11-14)9-8-21-18(24)13-4-3-5-15(10-13)25-2/h3-7,10-11H,8-9H2,1-2H3,(H,21,24). The van der Waals surface area contributed by atoms with Crippen molar-refractivity contribution in [3.05, 3.63) is 59.7 Å². The third-order valence-electron chi connectivity index (χ3n) is 3.55. The number of nitrogens with zero attached hydrogens (tertiary/aromatic N) is 1. The van der Waals surface area contributed by atoms with E-state index in [0.29, 0.717) is 11.3 Å². The van der Waals surface area contributed by atoms with E-state index in [4.69, 9.17) is 4.74 Å². The second-order valence-electron chi connectivity index (χ2n) is 5.26. The molecule has 0 aliphatic rings. The van der Waals surface area contributed by atoms with Crippen molar-refractivity contribution in [1.29, 1.82) is 0 Å². The summed E-state index contributed by atoms with van der Waals surface area (Å²) in [5.41, 5.74) is 0.642. The highest BCUT2D eigenvalue weighted by atomic mass is 19.2. The molecule has 0 aliphatic heterocycles. The van der Waals surface area contributed by atoms with E-state index < -0.39 is 11.6 Å². The summed E-state index contributed by atoms with van der Waals surface area (Å²) in [6, 6.07) is 9.84. The molecule has 25 heavy (non-hydrogen) atoms. The van der Waals surface area contributed by atoms with E-state index in [-0.39, 0.29) is 30.6 Å². The lowest BCUT2D eigenvalue weighted by atomic mass is 10.2. The zero-order chi connectivity index (χ0) is 18.4. The quantitative estimate of drug-likeness (QED) is 0.873. The van der Waals surface area contributed by atoms with Crippen LogP contribution in [0.1, 0.15) is 17.3 Å². The van der Waals surface area contributed by atoms with E-state index >= 15 is 0 Å². The second-order valence-corrected chi connectivity index (χ2v) is 5.26. The summed E-state index contributed by atoms with van der Waals surface area (Å²) < 4.78 is 31.4. The Balaban J connectivity index is 2.00. The van der Waals surface area contributed by atoms with Crippen molar-refractivity contribution < 1.29 is 23.1 Å². The minimum atomic E-state index is -1.04. The van der Waals surface area contributed by atoms with Gasteiger partial charge in [0.25, 0.3) is 5.91 Å². The third kappa shape index (κ3) is 4.76. The molecule has 7 heteroatoms. The Kier molecular flexibility index (Phi) is 6.05. The van der Waals surface area contributed by atoms with Crippen molar-refractivity contribution >= 4 is 17.5 Å². The average Bonchev–Trinajstić information content (AvgIpc) is 2.60. The van der Waals surface area contributed by atoms with Gasteiger partial charge >= 0.3 is 0 Å². The van der Waals surface area contributed by atoms with E-state index in [1.165, 1.54) is 25.0 Å². The average molecular weight is 348 g/mol. The van der Waals surface area contributed by atoms with Gasteiger partial charge in [0.1, 0.15) is 5.75 Å². The van der Waals surface area contributed by atoms with Crippen molar-refractivity contribution in [3.8, 4) is 5.75 Å². The van der Waals surface area contributed by atoms with Gasteiger partial charge in [-0.2, -0.15) is 0 Å². The van der Waals surface area contributed by atoms with Crippen molar-refractivity contribution in [2.24, 2.45) is 0 Å². The molecule has 0 unspecified atom stereocenters. The number of nitrogens with one attached hydrogen (secondary N) is 1. The molecule has 0 atom stereocenters.